The van der Waals surface area contributed by atoms with Crippen LogP contribution in [0.1, 0.15) is 11.1 Å². The van der Waals surface area contributed by atoms with Gasteiger partial charge in [-0.15, -0.1) is 0 Å². The highest BCUT2D eigenvalue weighted by molar-refractivity contribution is 5.67. The van der Waals surface area contributed by atoms with Gasteiger partial charge in [-0.05, 0) is 5.56 Å². The van der Waals surface area contributed by atoms with Crippen LogP contribution in [0.3, 0.4) is 0 Å². The molecule has 3 nitrogen and oxygen atoms in total. The molecule has 18 heavy (non-hydrogen) atoms. The van der Waals surface area contributed by atoms with E-state index in [0.717, 1.165) is 12.1 Å². The molecular weight excluding hydrogens is 226 g/mol. The van der Waals surface area contributed by atoms with Crippen LogP contribution in [-0.4, -0.2) is 5.97 Å². The first-order valence-corrected chi connectivity index (χ1v) is 5.79. The molecule has 0 amide bonds. The maximum absolute atomic E-state index is 10.1. The summed E-state index contributed by atoms with van der Waals surface area (Å²) in [5.41, 5.74) is 5.83. The zero-order valence-electron chi connectivity index (χ0n) is 10.2. The number of carboxylic acids is 1. The number of aliphatic carboxylic acids is 1. The van der Waals surface area contributed by atoms with Crippen LogP contribution in [0.25, 0.3) is 0 Å². The Morgan fingerprint density at radius 1 is 0.889 bits per heavy atom. The molecule has 0 radical (unpaired) electrons. The van der Waals surface area contributed by atoms with Crippen LogP contribution in [0.4, 0.5) is 0 Å². The van der Waals surface area contributed by atoms with E-state index in [2.05, 4.69) is 17.9 Å². The molecule has 0 aliphatic rings. The van der Waals surface area contributed by atoms with Crippen LogP contribution < -0.4 is 10.8 Å². The van der Waals surface area contributed by atoms with E-state index in [-0.39, 0.29) is 6.42 Å². The number of carbonyl (C=O) groups excluding carboxylic acids is 1. The van der Waals surface area contributed by atoms with E-state index in [9.17, 15) is 9.90 Å². The Morgan fingerprint density at radius 2 is 1.33 bits per heavy atom. The highest BCUT2D eigenvalue weighted by Crippen LogP contribution is 1.97. The van der Waals surface area contributed by atoms with Gasteiger partial charge in [-0.2, -0.15) is 0 Å². The SMILES string of the molecule is O=C([O-])Cc1ccccc1.[NH3+]Cc1ccccc1. The van der Waals surface area contributed by atoms with Crippen LogP contribution in [0.2, 0.25) is 0 Å². The topological polar surface area (TPSA) is 67.8 Å². The molecule has 3 heteroatoms. The fourth-order valence-corrected chi connectivity index (χ4v) is 1.41. The maximum atomic E-state index is 10.1. The third kappa shape index (κ3) is 5.82. The summed E-state index contributed by atoms with van der Waals surface area (Å²) < 4.78 is 0. The zero-order chi connectivity index (χ0) is 13.2. The van der Waals surface area contributed by atoms with Gasteiger partial charge in [-0.25, -0.2) is 0 Å². The molecule has 0 unspecified atom stereocenters. The summed E-state index contributed by atoms with van der Waals surface area (Å²) in [7, 11) is 0. The molecule has 0 saturated carbocycles. The van der Waals surface area contributed by atoms with Crippen LogP contribution in [0.5, 0.6) is 0 Å². The first-order valence-electron chi connectivity index (χ1n) is 5.79. The average molecular weight is 243 g/mol. The number of quaternary nitrogens is 1. The van der Waals surface area contributed by atoms with Crippen molar-refractivity contribution in [2.45, 2.75) is 13.0 Å². The molecule has 0 saturated heterocycles. The minimum absolute atomic E-state index is 0.000833. The van der Waals surface area contributed by atoms with E-state index < -0.39 is 5.97 Å². The summed E-state index contributed by atoms with van der Waals surface area (Å²) in [5.74, 6) is -1.04. The second-order valence-corrected chi connectivity index (χ2v) is 3.77. The maximum Gasteiger partial charge on any atom is 0.0997 e. The summed E-state index contributed by atoms with van der Waals surface area (Å²) in [6.07, 6.45) is 0.000833. The van der Waals surface area contributed by atoms with Crippen LogP contribution in [0, 0.1) is 0 Å². The van der Waals surface area contributed by atoms with Crippen molar-refractivity contribution < 1.29 is 15.6 Å². The van der Waals surface area contributed by atoms with Crippen LogP contribution in [-0.2, 0) is 17.8 Å². The molecule has 0 atom stereocenters. The van der Waals surface area contributed by atoms with Crippen molar-refractivity contribution in [2.75, 3.05) is 0 Å². The van der Waals surface area contributed by atoms with Gasteiger partial charge in [0.2, 0.25) is 0 Å². The lowest BCUT2D eigenvalue weighted by Gasteiger charge is -1.99. The smallest absolute Gasteiger partial charge is 0.0997 e. The number of hydrogen-bond acceptors (Lipinski definition) is 2. The van der Waals surface area contributed by atoms with Crippen molar-refractivity contribution in [3.05, 3.63) is 71.8 Å². The summed E-state index contributed by atoms with van der Waals surface area (Å²) >= 11 is 0. The third-order valence-corrected chi connectivity index (χ3v) is 2.32. The Balaban J connectivity index is 0.000000184. The predicted octanol–water partition coefficient (Wildman–Crippen LogP) is 0.407. The first kappa shape index (κ1) is 13.9. The van der Waals surface area contributed by atoms with Crippen molar-refractivity contribution >= 4 is 5.97 Å². The molecule has 94 valence electrons. The first-order chi connectivity index (χ1) is 8.72. The summed E-state index contributed by atoms with van der Waals surface area (Å²) in [6, 6.07) is 19.2. The quantitative estimate of drug-likeness (QED) is 0.848. The van der Waals surface area contributed by atoms with Crippen molar-refractivity contribution in [1.82, 2.24) is 0 Å². The van der Waals surface area contributed by atoms with Gasteiger partial charge in [0.15, 0.2) is 0 Å². The number of carbonyl (C=O) groups is 1. The average Bonchev–Trinajstić information content (AvgIpc) is 2.41. The molecule has 2 aromatic rings. The summed E-state index contributed by atoms with van der Waals surface area (Å²) in [6.45, 7) is 0.890. The number of rotatable bonds is 3. The standard InChI is InChI=1S/C8H8O2.C7H9N/c9-8(10)6-7-4-2-1-3-5-7;8-6-7-4-2-1-3-5-7/h1-5H,6H2,(H,9,10);1-5H,6,8H2. The molecular formula is C15H17NO2. The summed E-state index contributed by atoms with van der Waals surface area (Å²) in [4.78, 5) is 10.1. The van der Waals surface area contributed by atoms with E-state index in [4.69, 9.17) is 0 Å². The minimum Gasteiger partial charge on any atom is -0.550 e. The van der Waals surface area contributed by atoms with E-state index in [1.165, 1.54) is 5.56 Å². The van der Waals surface area contributed by atoms with E-state index >= 15 is 0 Å². The van der Waals surface area contributed by atoms with Gasteiger partial charge >= 0.3 is 0 Å². The molecule has 0 spiro atoms. The third-order valence-electron chi connectivity index (χ3n) is 2.32. The highest BCUT2D eigenvalue weighted by atomic mass is 16.4. The number of benzene rings is 2. The Morgan fingerprint density at radius 3 is 1.67 bits per heavy atom. The predicted molar refractivity (Wildman–Crippen MR) is 68.2 cm³/mol. The Hall–Kier alpha value is -2.13. The van der Waals surface area contributed by atoms with E-state index in [1.807, 2.05) is 24.3 Å². The monoisotopic (exact) mass is 243 g/mol. The van der Waals surface area contributed by atoms with Gasteiger partial charge in [0.25, 0.3) is 0 Å². The molecule has 0 aromatic heterocycles. The van der Waals surface area contributed by atoms with Crippen LogP contribution in [0.15, 0.2) is 60.7 Å². The van der Waals surface area contributed by atoms with E-state index in [1.54, 1.807) is 24.3 Å². The van der Waals surface area contributed by atoms with Crippen molar-refractivity contribution in [3.8, 4) is 0 Å². The number of hydrogen-bond donors (Lipinski definition) is 1. The van der Waals surface area contributed by atoms with Crippen molar-refractivity contribution in [2.24, 2.45) is 0 Å². The van der Waals surface area contributed by atoms with E-state index in [0.29, 0.717) is 0 Å². The molecule has 2 rings (SSSR count). The second kappa shape index (κ2) is 8.03. The molecule has 3 N–H and O–H groups in total. The lowest BCUT2D eigenvalue weighted by atomic mass is 10.2. The lowest BCUT2D eigenvalue weighted by Crippen LogP contribution is -2.47. The molecule has 0 aliphatic carbocycles. The Bertz CT molecular complexity index is 454. The molecule has 0 heterocycles. The normalized spacial score (nSPS) is 9.17. The lowest BCUT2D eigenvalue weighted by molar-refractivity contribution is -0.386. The van der Waals surface area contributed by atoms with Crippen molar-refractivity contribution in [3.63, 3.8) is 0 Å². The van der Waals surface area contributed by atoms with Gasteiger partial charge in [0.1, 0.15) is 0 Å². The van der Waals surface area contributed by atoms with Crippen molar-refractivity contribution in [1.29, 1.82) is 0 Å². The van der Waals surface area contributed by atoms with Gasteiger partial charge in [0, 0.05) is 18.0 Å². The molecule has 0 fully saturated rings. The van der Waals surface area contributed by atoms with Gasteiger partial charge < -0.3 is 15.6 Å². The largest absolute Gasteiger partial charge is 0.550 e. The van der Waals surface area contributed by atoms with Gasteiger partial charge in [-0.1, -0.05) is 60.7 Å². The van der Waals surface area contributed by atoms with Gasteiger partial charge in [-0.3, -0.25) is 0 Å². The highest BCUT2D eigenvalue weighted by Gasteiger charge is 1.88. The van der Waals surface area contributed by atoms with Gasteiger partial charge in [0.05, 0.1) is 6.54 Å². The zero-order valence-corrected chi connectivity index (χ0v) is 10.2. The fraction of sp³-hybridized carbons (Fsp3) is 0.133. The van der Waals surface area contributed by atoms with Crippen LogP contribution >= 0.6 is 0 Å². The summed E-state index contributed by atoms with van der Waals surface area (Å²) in [5, 5.41) is 10.1. The molecule has 2 aromatic carbocycles. The fourth-order valence-electron chi connectivity index (χ4n) is 1.41. The minimum atomic E-state index is -1.04. The molecule has 0 aliphatic heterocycles. The number of carboxylic acid groups (broad SMARTS) is 1. The second-order valence-electron chi connectivity index (χ2n) is 3.77. The Labute approximate surface area is 107 Å². The Kier molecular flexibility index (Phi) is 6.22. The molecule has 0 bridgehead atoms.